The van der Waals surface area contributed by atoms with Crippen LogP contribution in [0, 0.1) is 6.92 Å². The van der Waals surface area contributed by atoms with Crippen LogP contribution in [0.15, 0.2) is 76.4 Å². The highest BCUT2D eigenvalue weighted by Crippen LogP contribution is 2.29. The lowest BCUT2D eigenvalue weighted by atomic mass is 10.2. The van der Waals surface area contributed by atoms with Crippen molar-refractivity contribution in [3.8, 4) is 11.4 Å². The second kappa shape index (κ2) is 11.6. The summed E-state index contributed by atoms with van der Waals surface area (Å²) in [4.78, 5) is 12.5. The van der Waals surface area contributed by atoms with E-state index in [-0.39, 0.29) is 12.6 Å². The number of rotatable bonds is 8. The van der Waals surface area contributed by atoms with Gasteiger partial charge in [0.1, 0.15) is 5.75 Å². The number of amides is 2. The number of aromatic nitrogens is 3. The van der Waals surface area contributed by atoms with Gasteiger partial charge in [-0.25, -0.2) is 4.79 Å². The largest absolute Gasteiger partial charge is 0.497 e. The van der Waals surface area contributed by atoms with E-state index in [9.17, 15) is 4.79 Å². The molecule has 3 aromatic carbocycles. The van der Waals surface area contributed by atoms with Crippen molar-refractivity contribution < 1.29 is 9.53 Å². The molecule has 0 aliphatic heterocycles. The molecule has 2 amide bonds. The van der Waals surface area contributed by atoms with Gasteiger partial charge in [0, 0.05) is 15.2 Å². The standard InChI is InChI=1S/C25H23BrClN5O2S/c1-16-10-11-18(27)13-22(16)32-23(14-28-24(33)29-21-9-4-3-8-20(21)26)30-31-25(32)35-15-17-6-5-7-19(12-17)34-2/h3-13H,14-15H2,1-2H3,(H2,28,29,33). The van der Waals surface area contributed by atoms with E-state index in [1.165, 1.54) is 0 Å². The topological polar surface area (TPSA) is 81.1 Å². The second-order valence-corrected chi connectivity index (χ2v) is 9.83. The first kappa shape index (κ1) is 25.1. The van der Waals surface area contributed by atoms with Crippen molar-refractivity contribution in [2.75, 3.05) is 12.4 Å². The number of benzene rings is 3. The smallest absolute Gasteiger partial charge is 0.319 e. The monoisotopic (exact) mass is 571 g/mol. The van der Waals surface area contributed by atoms with Gasteiger partial charge in [-0.05, 0) is 70.4 Å². The summed E-state index contributed by atoms with van der Waals surface area (Å²) >= 11 is 11.3. The molecule has 1 aromatic heterocycles. The quantitative estimate of drug-likeness (QED) is 0.232. The minimum Gasteiger partial charge on any atom is -0.497 e. The van der Waals surface area contributed by atoms with Crippen LogP contribution in [0.2, 0.25) is 5.02 Å². The molecule has 0 bridgehead atoms. The molecule has 180 valence electrons. The van der Waals surface area contributed by atoms with Crippen molar-refractivity contribution in [3.05, 3.63) is 93.2 Å². The first-order valence-corrected chi connectivity index (χ1v) is 12.9. The summed E-state index contributed by atoms with van der Waals surface area (Å²) in [5.41, 5.74) is 3.64. The van der Waals surface area contributed by atoms with Crippen LogP contribution in [-0.4, -0.2) is 27.9 Å². The number of hydrogen-bond acceptors (Lipinski definition) is 5. The van der Waals surface area contributed by atoms with Gasteiger partial charge in [-0.2, -0.15) is 0 Å². The Kier molecular flexibility index (Phi) is 8.33. The summed E-state index contributed by atoms with van der Waals surface area (Å²) in [6.45, 7) is 2.17. The maximum Gasteiger partial charge on any atom is 0.319 e. The Morgan fingerprint density at radius 3 is 2.74 bits per heavy atom. The molecule has 0 radical (unpaired) electrons. The summed E-state index contributed by atoms with van der Waals surface area (Å²) in [7, 11) is 1.65. The molecule has 4 rings (SSSR count). The van der Waals surface area contributed by atoms with Crippen molar-refractivity contribution in [3.63, 3.8) is 0 Å². The summed E-state index contributed by atoms with van der Waals surface area (Å²) in [6.07, 6.45) is 0. The summed E-state index contributed by atoms with van der Waals surface area (Å²) in [6, 6.07) is 20.6. The van der Waals surface area contributed by atoms with Crippen molar-refractivity contribution in [2.24, 2.45) is 0 Å². The van der Waals surface area contributed by atoms with E-state index in [1.807, 2.05) is 78.2 Å². The lowest BCUT2D eigenvalue weighted by molar-refractivity contribution is 0.251. The third kappa shape index (κ3) is 6.36. The Labute approximate surface area is 221 Å². The molecule has 7 nitrogen and oxygen atoms in total. The van der Waals surface area contributed by atoms with Gasteiger partial charge >= 0.3 is 6.03 Å². The fourth-order valence-corrected chi connectivity index (χ4v) is 4.83. The predicted octanol–water partition coefficient (Wildman–Crippen LogP) is 6.61. The number of carbonyl (C=O) groups is 1. The third-order valence-electron chi connectivity index (χ3n) is 5.14. The molecular weight excluding hydrogens is 550 g/mol. The molecule has 0 unspecified atom stereocenters. The fourth-order valence-electron chi connectivity index (χ4n) is 3.37. The molecule has 0 saturated carbocycles. The molecule has 0 aliphatic rings. The van der Waals surface area contributed by atoms with E-state index in [4.69, 9.17) is 16.3 Å². The summed E-state index contributed by atoms with van der Waals surface area (Å²) in [5, 5.41) is 15.8. The number of hydrogen-bond donors (Lipinski definition) is 2. The Hall–Kier alpha value is -3.01. The number of nitrogens with zero attached hydrogens (tertiary/aromatic N) is 3. The molecule has 0 spiro atoms. The van der Waals surface area contributed by atoms with Gasteiger partial charge in [0.15, 0.2) is 11.0 Å². The number of halogens is 2. The van der Waals surface area contributed by atoms with E-state index in [0.717, 1.165) is 27.0 Å². The minimum atomic E-state index is -0.347. The summed E-state index contributed by atoms with van der Waals surface area (Å²) in [5.74, 6) is 2.06. The second-order valence-electron chi connectivity index (χ2n) is 7.59. The maximum atomic E-state index is 12.5. The number of methoxy groups -OCH3 is 1. The number of para-hydroxylation sites is 1. The van der Waals surface area contributed by atoms with Crippen LogP contribution in [0.25, 0.3) is 5.69 Å². The van der Waals surface area contributed by atoms with E-state index in [1.54, 1.807) is 18.9 Å². The Balaban J connectivity index is 1.57. The minimum absolute atomic E-state index is 0.176. The predicted molar refractivity (Wildman–Crippen MR) is 144 cm³/mol. The first-order chi connectivity index (χ1) is 16.9. The number of aryl methyl sites for hydroxylation is 1. The average molecular weight is 573 g/mol. The van der Waals surface area contributed by atoms with Gasteiger partial charge in [-0.15, -0.1) is 10.2 Å². The van der Waals surface area contributed by atoms with E-state index >= 15 is 0 Å². The maximum absolute atomic E-state index is 12.5. The molecule has 0 atom stereocenters. The SMILES string of the molecule is COc1cccc(CSc2nnc(CNC(=O)Nc3ccccc3Br)n2-c2cc(Cl)ccc2C)c1. The molecule has 2 N–H and O–H groups in total. The Bertz CT molecular complexity index is 1350. The van der Waals surface area contributed by atoms with Gasteiger partial charge in [0.05, 0.1) is 25.0 Å². The molecule has 10 heteroatoms. The van der Waals surface area contributed by atoms with Gasteiger partial charge in [0.25, 0.3) is 0 Å². The van der Waals surface area contributed by atoms with Crippen LogP contribution in [0.3, 0.4) is 0 Å². The highest BCUT2D eigenvalue weighted by molar-refractivity contribution is 9.10. The lowest BCUT2D eigenvalue weighted by Gasteiger charge is -2.14. The van der Waals surface area contributed by atoms with Gasteiger partial charge in [-0.1, -0.05) is 53.7 Å². The number of urea groups is 1. The van der Waals surface area contributed by atoms with Gasteiger partial charge in [0.2, 0.25) is 0 Å². The lowest BCUT2D eigenvalue weighted by Crippen LogP contribution is -2.29. The highest BCUT2D eigenvalue weighted by Gasteiger charge is 2.18. The van der Waals surface area contributed by atoms with E-state index in [0.29, 0.717) is 27.4 Å². The number of ether oxygens (including phenoxy) is 1. The Morgan fingerprint density at radius 2 is 1.94 bits per heavy atom. The zero-order valence-electron chi connectivity index (χ0n) is 19.1. The van der Waals surface area contributed by atoms with Crippen molar-refractivity contribution in [1.29, 1.82) is 0 Å². The van der Waals surface area contributed by atoms with Crippen molar-refractivity contribution in [2.45, 2.75) is 24.4 Å². The molecule has 0 aliphatic carbocycles. The molecule has 35 heavy (non-hydrogen) atoms. The van der Waals surface area contributed by atoms with Crippen LogP contribution in [-0.2, 0) is 12.3 Å². The molecule has 4 aromatic rings. The van der Waals surface area contributed by atoms with Crippen LogP contribution in [0.4, 0.5) is 10.5 Å². The normalized spacial score (nSPS) is 10.7. The van der Waals surface area contributed by atoms with E-state index < -0.39 is 0 Å². The van der Waals surface area contributed by atoms with Crippen molar-refractivity contribution in [1.82, 2.24) is 20.1 Å². The van der Waals surface area contributed by atoms with Crippen LogP contribution >= 0.6 is 39.3 Å². The van der Waals surface area contributed by atoms with Crippen LogP contribution < -0.4 is 15.4 Å². The number of thioether (sulfide) groups is 1. The van der Waals surface area contributed by atoms with Crippen LogP contribution in [0.5, 0.6) is 5.75 Å². The molecular formula is C25H23BrClN5O2S. The highest BCUT2D eigenvalue weighted by atomic mass is 79.9. The Morgan fingerprint density at radius 1 is 1.11 bits per heavy atom. The third-order valence-corrected chi connectivity index (χ3v) is 7.07. The van der Waals surface area contributed by atoms with Crippen molar-refractivity contribution >= 4 is 51.0 Å². The number of carbonyl (C=O) groups excluding carboxylic acids is 1. The zero-order chi connectivity index (χ0) is 24.8. The number of anilines is 1. The summed E-state index contributed by atoms with van der Waals surface area (Å²) < 4.78 is 8.06. The first-order valence-electron chi connectivity index (χ1n) is 10.7. The molecule has 0 fully saturated rings. The number of nitrogens with one attached hydrogen (secondary N) is 2. The van der Waals surface area contributed by atoms with Crippen LogP contribution in [0.1, 0.15) is 17.0 Å². The molecule has 0 saturated heterocycles. The average Bonchev–Trinajstić information content (AvgIpc) is 3.27. The van der Waals surface area contributed by atoms with Gasteiger partial charge < -0.3 is 15.4 Å². The molecule has 1 heterocycles. The van der Waals surface area contributed by atoms with E-state index in [2.05, 4.69) is 36.8 Å². The van der Waals surface area contributed by atoms with Gasteiger partial charge in [-0.3, -0.25) is 4.57 Å². The fraction of sp³-hybridized carbons (Fsp3) is 0.160. The zero-order valence-corrected chi connectivity index (χ0v) is 22.2.